The van der Waals surface area contributed by atoms with E-state index in [1.807, 2.05) is 6.92 Å². The van der Waals surface area contributed by atoms with Crippen molar-refractivity contribution in [1.29, 1.82) is 0 Å². The highest BCUT2D eigenvalue weighted by Gasteiger charge is 2.20. The van der Waals surface area contributed by atoms with Crippen LogP contribution in [0.2, 0.25) is 0 Å². The second-order valence-electron chi connectivity index (χ2n) is 4.05. The minimum absolute atomic E-state index is 0.128. The summed E-state index contributed by atoms with van der Waals surface area (Å²) in [6.07, 6.45) is 5.86. The number of hydrogen-bond donors (Lipinski definition) is 0. The molecule has 68 valence electrons. The van der Waals surface area contributed by atoms with Crippen LogP contribution in [0.4, 0.5) is 0 Å². The first kappa shape index (κ1) is 9.50. The van der Waals surface area contributed by atoms with Gasteiger partial charge in [0.05, 0.1) is 0 Å². The lowest BCUT2D eigenvalue weighted by Crippen LogP contribution is -2.16. The van der Waals surface area contributed by atoms with Gasteiger partial charge >= 0.3 is 0 Å². The Kier molecular flexibility index (Phi) is 3.07. The number of rotatable bonds is 2. The zero-order valence-electron chi connectivity index (χ0n) is 8.21. The van der Waals surface area contributed by atoms with Crippen molar-refractivity contribution in [2.45, 2.75) is 33.6 Å². The molecule has 0 heterocycles. The highest BCUT2D eigenvalue weighted by Crippen LogP contribution is 2.31. The van der Waals surface area contributed by atoms with Crippen molar-refractivity contribution in [1.82, 2.24) is 0 Å². The number of carbonyl (C=O) groups is 1. The van der Waals surface area contributed by atoms with Crippen molar-refractivity contribution >= 4 is 6.29 Å². The number of hydrogen-bond acceptors (Lipinski definition) is 1. The molecule has 0 saturated carbocycles. The van der Waals surface area contributed by atoms with Gasteiger partial charge in [-0.2, -0.15) is 0 Å². The summed E-state index contributed by atoms with van der Waals surface area (Å²) in [5.41, 5.74) is 1.35. The first-order valence-electron chi connectivity index (χ1n) is 4.82. The van der Waals surface area contributed by atoms with Gasteiger partial charge in [0.15, 0.2) is 0 Å². The van der Waals surface area contributed by atoms with Gasteiger partial charge in [-0.1, -0.05) is 32.4 Å². The van der Waals surface area contributed by atoms with Crippen LogP contribution in [-0.2, 0) is 4.79 Å². The third-order valence-corrected chi connectivity index (χ3v) is 2.83. The van der Waals surface area contributed by atoms with Gasteiger partial charge in [0, 0.05) is 5.92 Å². The van der Waals surface area contributed by atoms with E-state index >= 15 is 0 Å². The Hall–Kier alpha value is -0.590. The third-order valence-electron chi connectivity index (χ3n) is 2.83. The zero-order chi connectivity index (χ0) is 9.14. The molecule has 0 aromatic carbocycles. The van der Waals surface area contributed by atoms with Crippen LogP contribution in [0.1, 0.15) is 33.6 Å². The summed E-state index contributed by atoms with van der Waals surface area (Å²) in [7, 11) is 0. The average Bonchev–Trinajstić information content (AvgIpc) is 2.08. The van der Waals surface area contributed by atoms with Crippen molar-refractivity contribution in [2.75, 3.05) is 0 Å². The van der Waals surface area contributed by atoms with E-state index in [0.29, 0.717) is 11.8 Å². The first-order valence-corrected chi connectivity index (χ1v) is 4.82. The molecule has 0 aliphatic heterocycles. The fourth-order valence-electron chi connectivity index (χ4n) is 1.93. The molecule has 1 nitrogen and oxygen atoms in total. The lowest BCUT2D eigenvalue weighted by Gasteiger charge is -2.26. The predicted molar refractivity (Wildman–Crippen MR) is 50.9 cm³/mol. The first-order chi connectivity index (χ1) is 5.65. The fourth-order valence-corrected chi connectivity index (χ4v) is 1.93. The minimum atomic E-state index is 0.128. The molecule has 0 N–H and O–H groups in total. The molecule has 0 amide bonds. The zero-order valence-corrected chi connectivity index (χ0v) is 8.21. The summed E-state index contributed by atoms with van der Waals surface area (Å²) in [6.45, 7) is 6.44. The van der Waals surface area contributed by atoms with E-state index in [1.165, 1.54) is 18.4 Å². The highest BCUT2D eigenvalue weighted by molar-refractivity contribution is 5.58. The third kappa shape index (κ3) is 1.96. The van der Waals surface area contributed by atoms with Gasteiger partial charge in [-0.05, 0) is 24.7 Å². The van der Waals surface area contributed by atoms with Crippen LogP contribution in [0.3, 0.4) is 0 Å². The van der Waals surface area contributed by atoms with Crippen LogP contribution >= 0.6 is 0 Å². The summed E-state index contributed by atoms with van der Waals surface area (Å²) < 4.78 is 0. The van der Waals surface area contributed by atoms with Gasteiger partial charge in [-0.25, -0.2) is 0 Å². The predicted octanol–water partition coefficient (Wildman–Crippen LogP) is 2.81. The maximum atomic E-state index is 10.6. The van der Waals surface area contributed by atoms with E-state index in [-0.39, 0.29) is 5.92 Å². The van der Waals surface area contributed by atoms with Crippen molar-refractivity contribution < 1.29 is 4.79 Å². The van der Waals surface area contributed by atoms with E-state index in [0.717, 1.165) is 6.29 Å². The van der Waals surface area contributed by atoms with Crippen LogP contribution in [0.5, 0.6) is 0 Å². The van der Waals surface area contributed by atoms with Crippen LogP contribution in [0, 0.1) is 17.8 Å². The van der Waals surface area contributed by atoms with Crippen LogP contribution < -0.4 is 0 Å². The van der Waals surface area contributed by atoms with Crippen molar-refractivity contribution in [3.8, 4) is 0 Å². The Balaban J connectivity index is 2.76. The summed E-state index contributed by atoms with van der Waals surface area (Å²) >= 11 is 0. The molecule has 0 bridgehead atoms. The second-order valence-corrected chi connectivity index (χ2v) is 4.05. The van der Waals surface area contributed by atoms with Crippen molar-refractivity contribution in [3.63, 3.8) is 0 Å². The lowest BCUT2D eigenvalue weighted by atomic mass is 9.79. The van der Waals surface area contributed by atoms with Gasteiger partial charge in [-0.3, -0.25) is 0 Å². The van der Waals surface area contributed by atoms with Crippen LogP contribution in [0.15, 0.2) is 11.6 Å². The van der Waals surface area contributed by atoms with E-state index in [1.54, 1.807) is 0 Å². The summed E-state index contributed by atoms with van der Waals surface area (Å²) in [5, 5.41) is 0. The Morgan fingerprint density at radius 2 is 2.17 bits per heavy atom. The largest absolute Gasteiger partial charge is 0.303 e. The molecule has 0 aromatic rings. The molecule has 1 aliphatic rings. The molecule has 0 aromatic heterocycles. The topological polar surface area (TPSA) is 17.1 Å². The maximum absolute atomic E-state index is 10.6. The van der Waals surface area contributed by atoms with Gasteiger partial charge in [0.25, 0.3) is 0 Å². The molecule has 1 rings (SSSR count). The molecule has 1 aliphatic carbocycles. The summed E-state index contributed by atoms with van der Waals surface area (Å²) in [5.74, 6) is 1.41. The van der Waals surface area contributed by atoms with Crippen LogP contribution in [0.25, 0.3) is 0 Å². The monoisotopic (exact) mass is 166 g/mol. The second kappa shape index (κ2) is 3.88. The quantitative estimate of drug-likeness (QED) is 0.455. The standard InChI is InChI=1S/C11H18O/c1-8-4-5-9(2)11(6-8)10(3)7-12/h6-10H,4-5H2,1-3H3. The SMILES string of the molecule is CC1C=C(C(C)C=O)C(C)CC1. The average molecular weight is 166 g/mol. The molecule has 3 atom stereocenters. The van der Waals surface area contributed by atoms with E-state index in [2.05, 4.69) is 19.9 Å². The van der Waals surface area contributed by atoms with Gasteiger partial charge < -0.3 is 4.79 Å². The molecule has 3 unspecified atom stereocenters. The van der Waals surface area contributed by atoms with E-state index in [4.69, 9.17) is 0 Å². The molecule has 0 saturated heterocycles. The smallest absolute Gasteiger partial charge is 0.126 e. The van der Waals surface area contributed by atoms with Gasteiger partial charge in [-0.15, -0.1) is 0 Å². The van der Waals surface area contributed by atoms with E-state index < -0.39 is 0 Å². The summed E-state index contributed by atoms with van der Waals surface area (Å²) in [6, 6.07) is 0. The van der Waals surface area contributed by atoms with E-state index in [9.17, 15) is 4.79 Å². The normalized spacial score (nSPS) is 32.4. The van der Waals surface area contributed by atoms with Gasteiger partial charge in [0.2, 0.25) is 0 Å². The number of allylic oxidation sites excluding steroid dienone is 2. The maximum Gasteiger partial charge on any atom is 0.126 e. The highest BCUT2D eigenvalue weighted by atomic mass is 16.1. The molecule has 1 heteroatoms. The number of carbonyl (C=O) groups excluding carboxylic acids is 1. The fraction of sp³-hybridized carbons (Fsp3) is 0.727. The Labute approximate surface area is 74.9 Å². The lowest BCUT2D eigenvalue weighted by molar-refractivity contribution is -0.109. The molecule has 0 fully saturated rings. The molecule has 0 radical (unpaired) electrons. The molecule has 12 heavy (non-hydrogen) atoms. The van der Waals surface area contributed by atoms with Gasteiger partial charge in [0.1, 0.15) is 6.29 Å². The van der Waals surface area contributed by atoms with Crippen LogP contribution in [-0.4, -0.2) is 6.29 Å². The molecular weight excluding hydrogens is 148 g/mol. The number of aldehydes is 1. The Morgan fingerprint density at radius 1 is 1.50 bits per heavy atom. The van der Waals surface area contributed by atoms with Crippen molar-refractivity contribution in [2.24, 2.45) is 17.8 Å². The van der Waals surface area contributed by atoms with Crippen molar-refractivity contribution in [3.05, 3.63) is 11.6 Å². The Morgan fingerprint density at radius 3 is 2.75 bits per heavy atom. The molecular formula is C11H18O. The minimum Gasteiger partial charge on any atom is -0.303 e. The summed E-state index contributed by atoms with van der Waals surface area (Å²) in [4.78, 5) is 10.6. The Bertz CT molecular complexity index is 193. The molecule has 0 spiro atoms.